The van der Waals surface area contributed by atoms with Crippen LogP contribution in [0.5, 0.6) is 5.75 Å². The number of halogens is 1. The van der Waals surface area contributed by atoms with E-state index in [1.807, 2.05) is 0 Å². The molecule has 2 heterocycles. The Morgan fingerprint density at radius 3 is 2.75 bits per heavy atom. The van der Waals surface area contributed by atoms with E-state index in [4.69, 9.17) is 10.5 Å². The second kappa shape index (κ2) is 7.14. The SMILES string of the molecule is COc1cc(F)ccc1N1CCN(C(=O)c2csc(CN)n2)CC1. The standard InChI is InChI=1S/C16H19FN4O2S/c1-23-14-8-11(17)2-3-13(14)20-4-6-21(7-5-20)16(22)12-10-24-15(9-18)19-12/h2-3,8,10H,4-7,9,18H2,1H3. The highest BCUT2D eigenvalue weighted by molar-refractivity contribution is 7.09. The molecule has 24 heavy (non-hydrogen) atoms. The number of hydrogen-bond acceptors (Lipinski definition) is 6. The van der Waals surface area contributed by atoms with Crippen LogP contribution in [0.15, 0.2) is 23.6 Å². The molecule has 1 aliphatic rings. The van der Waals surface area contributed by atoms with Crippen molar-refractivity contribution < 1.29 is 13.9 Å². The minimum absolute atomic E-state index is 0.0725. The van der Waals surface area contributed by atoms with Gasteiger partial charge in [-0.3, -0.25) is 4.79 Å². The summed E-state index contributed by atoms with van der Waals surface area (Å²) in [6.07, 6.45) is 0. The maximum absolute atomic E-state index is 13.3. The van der Waals surface area contributed by atoms with Gasteiger partial charge in [-0.1, -0.05) is 0 Å². The number of amides is 1. The molecule has 0 saturated carbocycles. The highest BCUT2D eigenvalue weighted by atomic mass is 32.1. The molecule has 8 heteroatoms. The summed E-state index contributed by atoms with van der Waals surface area (Å²) < 4.78 is 18.6. The number of anilines is 1. The molecule has 0 aliphatic carbocycles. The monoisotopic (exact) mass is 350 g/mol. The Labute approximate surface area is 143 Å². The van der Waals surface area contributed by atoms with E-state index in [0.717, 1.165) is 10.7 Å². The average Bonchev–Trinajstić information content (AvgIpc) is 3.10. The first-order valence-electron chi connectivity index (χ1n) is 7.64. The number of piperazine rings is 1. The first kappa shape index (κ1) is 16.7. The third-order valence-corrected chi connectivity index (χ3v) is 4.87. The Hall–Kier alpha value is -2.19. The van der Waals surface area contributed by atoms with E-state index in [9.17, 15) is 9.18 Å². The summed E-state index contributed by atoms with van der Waals surface area (Å²) in [4.78, 5) is 20.6. The van der Waals surface area contributed by atoms with E-state index < -0.39 is 0 Å². The fraction of sp³-hybridized carbons (Fsp3) is 0.375. The molecule has 0 spiro atoms. The predicted molar refractivity (Wildman–Crippen MR) is 91.1 cm³/mol. The van der Waals surface area contributed by atoms with Gasteiger partial charge in [0, 0.05) is 44.2 Å². The predicted octanol–water partition coefficient (Wildman–Crippen LogP) is 1.71. The summed E-state index contributed by atoms with van der Waals surface area (Å²) in [5.41, 5.74) is 6.83. The van der Waals surface area contributed by atoms with Crippen LogP contribution in [0, 0.1) is 5.82 Å². The number of carbonyl (C=O) groups excluding carboxylic acids is 1. The number of aromatic nitrogens is 1. The molecule has 0 bridgehead atoms. The molecule has 0 atom stereocenters. The van der Waals surface area contributed by atoms with Crippen molar-refractivity contribution in [3.63, 3.8) is 0 Å². The molecule has 1 aromatic heterocycles. The second-order valence-corrected chi connectivity index (χ2v) is 6.37. The summed E-state index contributed by atoms with van der Waals surface area (Å²) >= 11 is 1.40. The van der Waals surface area contributed by atoms with Gasteiger partial charge in [-0.15, -0.1) is 11.3 Å². The topological polar surface area (TPSA) is 71.7 Å². The Bertz CT molecular complexity index is 729. The van der Waals surface area contributed by atoms with Crippen molar-refractivity contribution in [1.82, 2.24) is 9.88 Å². The van der Waals surface area contributed by atoms with Crippen molar-refractivity contribution in [1.29, 1.82) is 0 Å². The van der Waals surface area contributed by atoms with Crippen LogP contribution in [0.3, 0.4) is 0 Å². The van der Waals surface area contributed by atoms with Crippen LogP contribution in [0.1, 0.15) is 15.5 Å². The number of thiazole rings is 1. The molecule has 1 aromatic carbocycles. The van der Waals surface area contributed by atoms with Crippen molar-refractivity contribution in [2.24, 2.45) is 5.73 Å². The number of ether oxygens (including phenoxy) is 1. The first-order chi connectivity index (χ1) is 11.6. The lowest BCUT2D eigenvalue weighted by molar-refractivity contribution is 0.0741. The van der Waals surface area contributed by atoms with Crippen molar-refractivity contribution >= 4 is 22.9 Å². The lowest BCUT2D eigenvalue weighted by Gasteiger charge is -2.36. The normalized spacial score (nSPS) is 14.8. The minimum Gasteiger partial charge on any atom is -0.494 e. The van der Waals surface area contributed by atoms with Crippen molar-refractivity contribution in [3.05, 3.63) is 40.1 Å². The zero-order valence-corrected chi connectivity index (χ0v) is 14.2. The molecule has 0 radical (unpaired) electrons. The number of nitrogens with zero attached hydrogens (tertiary/aromatic N) is 3. The summed E-state index contributed by atoms with van der Waals surface area (Å²) in [6, 6.07) is 4.50. The van der Waals surface area contributed by atoms with Crippen molar-refractivity contribution in [2.45, 2.75) is 6.54 Å². The summed E-state index contributed by atoms with van der Waals surface area (Å²) in [6.45, 7) is 2.81. The van der Waals surface area contributed by atoms with Gasteiger partial charge in [0.2, 0.25) is 0 Å². The van der Waals surface area contributed by atoms with Crippen molar-refractivity contribution in [2.75, 3.05) is 38.2 Å². The van der Waals surface area contributed by atoms with Gasteiger partial charge < -0.3 is 20.3 Å². The molecular formula is C16H19FN4O2S. The van der Waals surface area contributed by atoms with Gasteiger partial charge in [0.05, 0.1) is 12.8 Å². The number of benzene rings is 1. The summed E-state index contributed by atoms with van der Waals surface area (Å²) in [7, 11) is 1.52. The molecule has 2 aromatic rings. The zero-order valence-electron chi connectivity index (χ0n) is 13.4. The fourth-order valence-corrected chi connectivity index (χ4v) is 3.38. The molecule has 1 amide bonds. The number of methoxy groups -OCH3 is 1. The maximum atomic E-state index is 13.3. The molecule has 1 aliphatic heterocycles. The number of nitrogens with two attached hydrogens (primary N) is 1. The molecular weight excluding hydrogens is 331 g/mol. The molecule has 2 N–H and O–H groups in total. The van der Waals surface area contributed by atoms with E-state index in [-0.39, 0.29) is 11.7 Å². The van der Waals surface area contributed by atoms with Crippen LogP contribution in [0.25, 0.3) is 0 Å². The van der Waals surface area contributed by atoms with E-state index in [2.05, 4.69) is 9.88 Å². The van der Waals surface area contributed by atoms with Crippen LogP contribution in [-0.2, 0) is 6.54 Å². The zero-order chi connectivity index (χ0) is 17.1. The fourth-order valence-electron chi connectivity index (χ4n) is 2.73. The van der Waals surface area contributed by atoms with Gasteiger partial charge in [-0.25, -0.2) is 9.37 Å². The van der Waals surface area contributed by atoms with Crippen LogP contribution in [0.2, 0.25) is 0 Å². The quantitative estimate of drug-likeness (QED) is 0.909. The highest BCUT2D eigenvalue weighted by Crippen LogP contribution is 2.29. The minimum atomic E-state index is -0.330. The van der Waals surface area contributed by atoms with Crippen LogP contribution < -0.4 is 15.4 Å². The third-order valence-electron chi connectivity index (χ3n) is 3.99. The summed E-state index contributed by atoms with van der Waals surface area (Å²) in [5, 5.41) is 2.51. The van der Waals surface area contributed by atoms with Gasteiger partial charge in [-0.05, 0) is 12.1 Å². The van der Waals surface area contributed by atoms with E-state index in [0.29, 0.717) is 44.2 Å². The maximum Gasteiger partial charge on any atom is 0.273 e. The Kier molecular flexibility index (Phi) is 4.96. The van der Waals surface area contributed by atoms with Crippen LogP contribution >= 0.6 is 11.3 Å². The van der Waals surface area contributed by atoms with E-state index in [1.165, 1.54) is 30.6 Å². The lowest BCUT2D eigenvalue weighted by Crippen LogP contribution is -2.49. The molecule has 3 rings (SSSR count). The Balaban J connectivity index is 1.66. The highest BCUT2D eigenvalue weighted by Gasteiger charge is 2.25. The second-order valence-electron chi connectivity index (χ2n) is 5.43. The van der Waals surface area contributed by atoms with Crippen molar-refractivity contribution in [3.8, 4) is 5.75 Å². The molecule has 0 unspecified atom stereocenters. The first-order valence-corrected chi connectivity index (χ1v) is 8.52. The Morgan fingerprint density at radius 1 is 1.38 bits per heavy atom. The molecule has 6 nitrogen and oxygen atoms in total. The van der Waals surface area contributed by atoms with E-state index >= 15 is 0 Å². The Morgan fingerprint density at radius 2 is 2.12 bits per heavy atom. The number of rotatable bonds is 4. The summed E-state index contributed by atoms with van der Waals surface area (Å²) in [5.74, 6) is 0.0993. The molecule has 128 valence electrons. The van der Waals surface area contributed by atoms with Gasteiger partial charge >= 0.3 is 0 Å². The average molecular weight is 350 g/mol. The molecule has 1 saturated heterocycles. The molecule has 1 fully saturated rings. The number of hydrogen-bond donors (Lipinski definition) is 1. The lowest BCUT2D eigenvalue weighted by atomic mass is 10.2. The van der Waals surface area contributed by atoms with Gasteiger partial charge in [0.1, 0.15) is 22.3 Å². The third kappa shape index (κ3) is 3.34. The van der Waals surface area contributed by atoms with Crippen LogP contribution in [-0.4, -0.2) is 49.1 Å². The number of carbonyl (C=O) groups is 1. The van der Waals surface area contributed by atoms with Gasteiger partial charge in [0.15, 0.2) is 0 Å². The van der Waals surface area contributed by atoms with E-state index in [1.54, 1.807) is 16.3 Å². The largest absolute Gasteiger partial charge is 0.494 e. The van der Waals surface area contributed by atoms with Crippen LogP contribution in [0.4, 0.5) is 10.1 Å². The smallest absolute Gasteiger partial charge is 0.273 e. The van der Waals surface area contributed by atoms with Gasteiger partial charge in [-0.2, -0.15) is 0 Å². The van der Waals surface area contributed by atoms with Gasteiger partial charge in [0.25, 0.3) is 5.91 Å².